The molecule has 0 amide bonds. The highest BCUT2D eigenvalue weighted by Crippen LogP contribution is 2.14. The predicted octanol–water partition coefficient (Wildman–Crippen LogP) is 2.48. The number of hydrogen-bond acceptors (Lipinski definition) is 2. The quantitative estimate of drug-likeness (QED) is 0.374. The molecule has 0 aromatic carbocycles. The zero-order valence-corrected chi connectivity index (χ0v) is 6.84. The van der Waals surface area contributed by atoms with Crippen molar-refractivity contribution in [3.8, 4) is 0 Å². The van der Waals surface area contributed by atoms with Gasteiger partial charge in [0.1, 0.15) is 5.03 Å². The van der Waals surface area contributed by atoms with Crippen LogP contribution in [0.3, 0.4) is 0 Å². The van der Waals surface area contributed by atoms with E-state index in [1.54, 1.807) is 6.92 Å². The molecule has 0 rings (SSSR count). The number of halogens is 1. The zero-order valence-electron chi connectivity index (χ0n) is 6.08. The molecular formula is C7H8ClNO2. The minimum absolute atomic E-state index is 0.0903. The number of rotatable bonds is 3. The normalized spacial score (nSPS) is 12.9. The Bertz CT molecular complexity index is 231. The molecular weight excluding hydrogens is 166 g/mol. The smallest absolute Gasteiger partial charge is 0.258 e. The molecule has 0 saturated carbocycles. The summed E-state index contributed by atoms with van der Waals surface area (Å²) in [4.78, 5) is 9.69. The molecule has 0 heterocycles. The average Bonchev–Trinajstić information content (AvgIpc) is 1.88. The lowest BCUT2D eigenvalue weighted by Crippen LogP contribution is -1.97. The molecule has 0 aromatic rings. The van der Waals surface area contributed by atoms with Crippen molar-refractivity contribution < 1.29 is 4.92 Å². The standard InChI is InChI=1S/C7H8ClNO2/c1-3-5-6(8)7(4-2)9(10)11/h3-5H,1H2,2H3/b6-5+,7-4+. The first-order valence-electron chi connectivity index (χ1n) is 2.92. The predicted molar refractivity (Wildman–Crippen MR) is 44.9 cm³/mol. The van der Waals surface area contributed by atoms with Gasteiger partial charge in [0.05, 0.1) is 4.92 Å². The Morgan fingerprint density at radius 3 is 2.55 bits per heavy atom. The molecule has 0 aliphatic rings. The first-order valence-corrected chi connectivity index (χ1v) is 3.30. The second kappa shape index (κ2) is 4.68. The van der Waals surface area contributed by atoms with E-state index < -0.39 is 4.92 Å². The van der Waals surface area contributed by atoms with Crippen molar-refractivity contribution in [2.24, 2.45) is 0 Å². The lowest BCUT2D eigenvalue weighted by molar-refractivity contribution is -0.419. The molecule has 0 spiro atoms. The van der Waals surface area contributed by atoms with Gasteiger partial charge in [-0.3, -0.25) is 10.1 Å². The van der Waals surface area contributed by atoms with Gasteiger partial charge in [-0.05, 0) is 19.1 Å². The topological polar surface area (TPSA) is 43.1 Å². The van der Waals surface area contributed by atoms with Crippen LogP contribution in [-0.2, 0) is 0 Å². The Morgan fingerprint density at radius 1 is 1.73 bits per heavy atom. The number of nitrogens with zero attached hydrogens (tertiary/aromatic N) is 1. The van der Waals surface area contributed by atoms with Crippen LogP contribution in [-0.4, -0.2) is 4.92 Å². The van der Waals surface area contributed by atoms with Gasteiger partial charge in [0, 0.05) is 0 Å². The van der Waals surface area contributed by atoms with Crippen LogP contribution in [0.25, 0.3) is 0 Å². The van der Waals surface area contributed by atoms with Crippen molar-refractivity contribution in [2.45, 2.75) is 6.92 Å². The Kier molecular flexibility index (Phi) is 4.22. The molecule has 60 valence electrons. The second-order valence-electron chi connectivity index (χ2n) is 1.68. The van der Waals surface area contributed by atoms with E-state index >= 15 is 0 Å². The number of allylic oxidation sites excluding steroid dienone is 4. The molecule has 0 aromatic heterocycles. The van der Waals surface area contributed by atoms with Crippen molar-refractivity contribution in [1.82, 2.24) is 0 Å². The maximum Gasteiger partial charge on any atom is 0.283 e. The van der Waals surface area contributed by atoms with Gasteiger partial charge >= 0.3 is 0 Å². The van der Waals surface area contributed by atoms with Gasteiger partial charge in [0.2, 0.25) is 0 Å². The summed E-state index contributed by atoms with van der Waals surface area (Å²) >= 11 is 5.52. The molecule has 0 bridgehead atoms. The minimum atomic E-state index is -0.539. The largest absolute Gasteiger partial charge is 0.283 e. The summed E-state index contributed by atoms with van der Waals surface area (Å²) in [5.74, 6) is 0. The van der Waals surface area contributed by atoms with Crippen LogP contribution in [0, 0.1) is 10.1 Å². The van der Waals surface area contributed by atoms with Gasteiger partial charge in [0.15, 0.2) is 0 Å². The average molecular weight is 174 g/mol. The SMILES string of the molecule is C=C/C=C(Cl)\C(=C/C)[N+](=O)[O-]. The first-order chi connectivity index (χ1) is 5.13. The van der Waals surface area contributed by atoms with E-state index in [0.717, 1.165) is 0 Å². The van der Waals surface area contributed by atoms with E-state index in [9.17, 15) is 10.1 Å². The highest BCUT2D eigenvalue weighted by atomic mass is 35.5. The Labute approximate surface area is 69.8 Å². The second-order valence-corrected chi connectivity index (χ2v) is 2.09. The van der Waals surface area contributed by atoms with E-state index in [1.165, 1.54) is 18.2 Å². The summed E-state index contributed by atoms with van der Waals surface area (Å²) in [5, 5.41) is 10.3. The number of nitro groups is 1. The monoisotopic (exact) mass is 173 g/mol. The fourth-order valence-electron chi connectivity index (χ4n) is 0.519. The maximum atomic E-state index is 10.2. The first kappa shape index (κ1) is 9.91. The van der Waals surface area contributed by atoms with Gasteiger partial charge in [0.25, 0.3) is 5.70 Å². The summed E-state index contributed by atoms with van der Waals surface area (Å²) in [6.07, 6.45) is 4.11. The molecule has 0 aliphatic carbocycles. The summed E-state index contributed by atoms with van der Waals surface area (Å²) in [6, 6.07) is 0. The summed E-state index contributed by atoms with van der Waals surface area (Å²) in [5.41, 5.74) is -0.105. The van der Waals surface area contributed by atoms with E-state index in [2.05, 4.69) is 6.58 Å². The van der Waals surface area contributed by atoms with E-state index in [1.807, 2.05) is 0 Å². The van der Waals surface area contributed by atoms with Crippen LogP contribution >= 0.6 is 11.6 Å². The molecule has 0 fully saturated rings. The molecule has 11 heavy (non-hydrogen) atoms. The van der Waals surface area contributed by atoms with Gasteiger partial charge in [-0.2, -0.15) is 0 Å². The van der Waals surface area contributed by atoms with Crippen molar-refractivity contribution >= 4 is 11.6 Å². The van der Waals surface area contributed by atoms with Gasteiger partial charge in [-0.15, -0.1) is 0 Å². The molecule has 0 atom stereocenters. The summed E-state index contributed by atoms with van der Waals surface area (Å²) in [6.45, 7) is 4.92. The third kappa shape index (κ3) is 3.00. The van der Waals surface area contributed by atoms with Crippen molar-refractivity contribution in [1.29, 1.82) is 0 Å². The fraction of sp³-hybridized carbons (Fsp3) is 0.143. The van der Waals surface area contributed by atoms with Crippen LogP contribution in [0.1, 0.15) is 6.92 Å². The molecule has 0 radical (unpaired) electrons. The molecule has 0 saturated heterocycles. The van der Waals surface area contributed by atoms with Gasteiger partial charge in [-0.25, -0.2) is 0 Å². The molecule has 3 nitrogen and oxygen atoms in total. The lowest BCUT2D eigenvalue weighted by atomic mass is 10.3. The molecule has 0 N–H and O–H groups in total. The zero-order chi connectivity index (χ0) is 8.85. The molecule has 0 aliphatic heterocycles. The molecule has 0 unspecified atom stereocenters. The maximum absolute atomic E-state index is 10.2. The fourth-order valence-corrected chi connectivity index (χ4v) is 0.787. The Balaban J connectivity index is 4.67. The van der Waals surface area contributed by atoms with Crippen LogP contribution in [0.2, 0.25) is 0 Å². The highest BCUT2D eigenvalue weighted by molar-refractivity contribution is 6.31. The number of hydrogen-bond donors (Lipinski definition) is 0. The van der Waals surface area contributed by atoms with Crippen LogP contribution in [0.15, 0.2) is 35.5 Å². The van der Waals surface area contributed by atoms with Gasteiger partial charge < -0.3 is 0 Å². The van der Waals surface area contributed by atoms with Gasteiger partial charge in [-0.1, -0.05) is 24.3 Å². The third-order valence-electron chi connectivity index (χ3n) is 0.979. The van der Waals surface area contributed by atoms with Crippen molar-refractivity contribution in [2.75, 3.05) is 0 Å². The minimum Gasteiger partial charge on any atom is -0.258 e. The Morgan fingerprint density at radius 2 is 2.27 bits per heavy atom. The van der Waals surface area contributed by atoms with Crippen LogP contribution < -0.4 is 0 Å². The highest BCUT2D eigenvalue weighted by Gasteiger charge is 2.11. The van der Waals surface area contributed by atoms with Crippen LogP contribution in [0.5, 0.6) is 0 Å². The van der Waals surface area contributed by atoms with E-state index in [4.69, 9.17) is 11.6 Å². The third-order valence-corrected chi connectivity index (χ3v) is 1.30. The Hall–Kier alpha value is -1.09. The van der Waals surface area contributed by atoms with Crippen molar-refractivity contribution in [3.63, 3.8) is 0 Å². The lowest BCUT2D eigenvalue weighted by Gasteiger charge is -1.92. The van der Waals surface area contributed by atoms with Crippen molar-refractivity contribution in [3.05, 3.63) is 45.7 Å². The summed E-state index contributed by atoms with van der Waals surface area (Å²) in [7, 11) is 0. The molecule has 4 heteroatoms. The van der Waals surface area contributed by atoms with E-state index in [-0.39, 0.29) is 10.7 Å². The van der Waals surface area contributed by atoms with E-state index in [0.29, 0.717) is 0 Å². The summed E-state index contributed by atoms with van der Waals surface area (Å²) < 4.78 is 0. The van der Waals surface area contributed by atoms with Crippen LogP contribution in [0.4, 0.5) is 0 Å².